The zero-order valence-electron chi connectivity index (χ0n) is 10.8. The molecule has 0 spiro atoms. The molecule has 0 unspecified atom stereocenters. The first-order valence-electron chi connectivity index (χ1n) is 5.75. The molecule has 0 saturated heterocycles. The van der Waals surface area contributed by atoms with Crippen molar-refractivity contribution in [3.8, 4) is 0 Å². The Morgan fingerprint density at radius 2 is 1.81 bits per heavy atom. The molecule has 21 heavy (non-hydrogen) atoms. The number of nitrogens with zero attached hydrogens (tertiary/aromatic N) is 2. The molecule has 0 fully saturated rings. The molecule has 0 amide bonds. The number of nitrogens with one attached hydrogen (secondary N) is 2. The van der Waals surface area contributed by atoms with E-state index in [0.29, 0.717) is 10.7 Å². The van der Waals surface area contributed by atoms with Crippen molar-refractivity contribution in [1.82, 2.24) is 9.97 Å². The van der Waals surface area contributed by atoms with Crippen LogP contribution in [-0.2, 0) is 6.18 Å². The molecule has 0 atom stereocenters. The molecule has 0 radical (unpaired) electrons. The van der Waals surface area contributed by atoms with Gasteiger partial charge in [0.1, 0.15) is 11.6 Å². The summed E-state index contributed by atoms with van der Waals surface area (Å²) in [6.07, 6.45) is -4.67. The average Bonchev–Trinajstić information content (AvgIpc) is 2.41. The highest BCUT2D eigenvalue weighted by atomic mass is 35.5. The van der Waals surface area contributed by atoms with Crippen molar-refractivity contribution in [3.05, 3.63) is 40.7 Å². The van der Waals surface area contributed by atoms with Crippen LogP contribution in [0.15, 0.2) is 24.3 Å². The third kappa shape index (κ3) is 3.73. The summed E-state index contributed by atoms with van der Waals surface area (Å²) >= 11 is 5.86. The van der Waals surface area contributed by atoms with Gasteiger partial charge in [0.15, 0.2) is 0 Å². The Morgan fingerprint density at radius 1 is 1.14 bits per heavy atom. The quantitative estimate of drug-likeness (QED) is 0.597. The van der Waals surface area contributed by atoms with Gasteiger partial charge >= 0.3 is 6.18 Å². The summed E-state index contributed by atoms with van der Waals surface area (Å²) in [4.78, 5) is 6.70. The van der Waals surface area contributed by atoms with Crippen molar-refractivity contribution in [2.24, 2.45) is 5.84 Å². The van der Waals surface area contributed by atoms with Crippen LogP contribution in [0.5, 0.6) is 0 Å². The monoisotopic (exact) mass is 317 g/mol. The van der Waals surface area contributed by atoms with Crippen LogP contribution >= 0.6 is 11.6 Å². The van der Waals surface area contributed by atoms with Gasteiger partial charge in [-0.05, 0) is 24.6 Å². The number of hydrogen-bond acceptors (Lipinski definition) is 5. The Balaban J connectivity index is 2.42. The zero-order valence-corrected chi connectivity index (χ0v) is 11.5. The van der Waals surface area contributed by atoms with Gasteiger partial charge < -0.3 is 10.7 Å². The zero-order chi connectivity index (χ0) is 15.6. The van der Waals surface area contributed by atoms with Crippen molar-refractivity contribution in [2.75, 3.05) is 10.7 Å². The normalized spacial score (nSPS) is 11.3. The standard InChI is InChI=1S/C12H11ClF3N5/c1-6-2-3-7(13)4-8(6)18-9-5-10(21-17)20-11(19-9)12(14,15)16/h2-5H,17H2,1H3,(H2,18,19,20,21). The number of alkyl halides is 3. The molecule has 1 aromatic heterocycles. The third-order valence-electron chi connectivity index (χ3n) is 2.59. The van der Waals surface area contributed by atoms with Crippen LogP contribution in [0, 0.1) is 6.92 Å². The molecule has 1 heterocycles. The molecule has 2 aromatic rings. The van der Waals surface area contributed by atoms with Gasteiger partial charge in [0.25, 0.3) is 0 Å². The summed E-state index contributed by atoms with van der Waals surface area (Å²) in [5.74, 6) is 3.63. The lowest BCUT2D eigenvalue weighted by molar-refractivity contribution is -0.144. The van der Waals surface area contributed by atoms with Gasteiger partial charge in [0.05, 0.1) is 0 Å². The van der Waals surface area contributed by atoms with E-state index in [9.17, 15) is 13.2 Å². The minimum Gasteiger partial charge on any atom is -0.340 e. The number of halogens is 4. The molecule has 4 N–H and O–H groups in total. The van der Waals surface area contributed by atoms with Crippen LogP contribution < -0.4 is 16.6 Å². The highest BCUT2D eigenvalue weighted by molar-refractivity contribution is 6.30. The first-order valence-corrected chi connectivity index (χ1v) is 6.13. The summed E-state index contributed by atoms with van der Waals surface area (Å²) in [7, 11) is 0. The fourth-order valence-corrected chi connectivity index (χ4v) is 1.75. The summed E-state index contributed by atoms with van der Waals surface area (Å²) in [5.41, 5.74) is 3.41. The van der Waals surface area contributed by atoms with E-state index in [1.54, 1.807) is 25.1 Å². The van der Waals surface area contributed by atoms with Crippen molar-refractivity contribution in [3.63, 3.8) is 0 Å². The van der Waals surface area contributed by atoms with Crippen LogP contribution in [0.1, 0.15) is 11.4 Å². The molecule has 112 valence electrons. The van der Waals surface area contributed by atoms with Crippen LogP contribution in [0.2, 0.25) is 5.02 Å². The Labute approximate surface area is 123 Å². The van der Waals surface area contributed by atoms with Gasteiger partial charge in [-0.3, -0.25) is 0 Å². The van der Waals surface area contributed by atoms with E-state index in [1.165, 1.54) is 6.07 Å². The van der Waals surface area contributed by atoms with E-state index in [-0.39, 0.29) is 11.6 Å². The molecule has 2 rings (SSSR count). The molecule has 0 aliphatic carbocycles. The van der Waals surface area contributed by atoms with Crippen LogP contribution in [0.3, 0.4) is 0 Å². The van der Waals surface area contributed by atoms with E-state index in [0.717, 1.165) is 5.56 Å². The SMILES string of the molecule is Cc1ccc(Cl)cc1Nc1cc(NN)nc(C(F)(F)F)n1. The number of aromatic nitrogens is 2. The maximum absolute atomic E-state index is 12.7. The number of hydrogen-bond donors (Lipinski definition) is 3. The van der Waals surface area contributed by atoms with Gasteiger partial charge in [-0.25, -0.2) is 15.8 Å². The smallest absolute Gasteiger partial charge is 0.340 e. The Bertz CT molecular complexity index is 660. The van der Waals surface area contributed by atoms with E-state index in [4.69, 9.17) is 17.4 Å². The third-order valence-corrected chi connectivity index (χ3v) is 2.83. The van der Waals surface area contributed by atoms with Gasteiger partial charge in [-0.15, -0.1) is 0 Å². The summed E-state index contributed by atoms with van der Waals surface area (Å²) in [6.45, 7) is 1.78. The molecule has 0 saturated carbocycles. The maximum Gasteiger partial charge on any atom is 0.451 e. The van der Waals surface area contributed by atoms with Crippen LogP contribution in [0.4, 0.5) is 30.5 Å². The van der Waals surface area contributed by atoms with Crippen molar-refractivity contribution in [2.45, 2.75) is 13.1 Å². The maximum atomic E-state index is 12.7. The average molecular weight is 318 g/mol. The van der Waals surface area contributed by atoms with Crippen molar-refractivity contribution in [1.29, 1.82) is 0 Å². The Morgan fingerprint density at radius 3 is 2.43 bits per heavy atom. The van der Waals surface area contributed by atoms with Gasteiger partial charge in [-0.2, -0.15) is 13.2 Å². The number of rotatable bonds is 3. The first kappa shape index (κ1) is 15.3. The van der Waals surface area contributed by atoms with E-state index >= 15 is 0 Å². The van der Waals surface area contributed by atoms with Gasteiger partial charge in [0.2, 0.25) is 5.82 Å². The van der Waals surface area contributed by atoms with Gasteiger partial charge in [0, 0.05) is 16.8 Å². The lowest BCUT2D eigenvalue weighted by Crippen LogP contribution is -2.16. The topological polar surface area (TPSA) is 75.9 Å². The second kappa shape index (κ2) is 5.74. The molecule has 0 aliphatic rings. The summed E-state index contributed by atoms with van der Waals surface area (Å²) < 4.78 is 38.2. The van der Waals surface area contributed by atoms with Crippen LogP contribution in [0.25, 0.3) is 0 Å². The molecule has 0 aliphatic heterocycles. The second-order valence-electron chi connectivity index (χ2n) is 4.19. The number of nitrogens with two attached hydrogens (primary N) is 1. The molecular formula is C12H11ClF3N5. The predicted molar refractivity (Wildman–Crippen MR) is 74.3 cm³/mol. The summed E-state index contributed by atoms with van der Waals surface area (Å²) in [6, 6.07) is 6.26. The Hall–Kier alpha value is -2.06. The lowest BCUT2D eigenvalue weighted by Gasteiger charge is -2.13. The molecule has 9 heteroatoms. The lowest BCUT2D eigenvalue weighted by atomic mass is 10.2. The predicted octanol–water partition coefficient (Wildman–Crippen LogP) is 3.49. The van der Waals surface area contributed by atoms with E-state index in [2.05, 4.69) is 20.7 Å². The minimum atomic E-state index is -4.67. The fourth-order valence-electron chi connectivity index (χ4n) is 1.58. The van der Waals surface area contributed by atoms with Crippen molar-refractivity contribution < 1.29 is 13.2 Å². The molecular weight excluding hydrogens is 307 g/mol. The highest BCUT2D eigenvalue weighted by Gasteiger charge is 2.35. The fraction of sp³-hybridized carbons (Fsp3) is 0.167. The van der Waals surface area contributed by atoms with E-state index in [1.807, 2.05) is 0 Å². The van der Waals surface area contributed by atoms with Gasteiger partial charge in [-0.1, -0.05) is 17.7 Å². The number of anilines is 3. The summed E-state index contributed by atoms with van der Waals surface area (Å²) in [5, 5.41) is 3.22. The largest absolute Gasteiger partial charge is 0.451 e. The number of nitrogen functional groups attached to an aromatic ring is 1. The molecule has 1 aromatic carbocycles. The highest BCUT2D eigenvalue weighted by Crippen LogP contribution is 2.30. The van der Waals surface area contributed by atoms with Crippen molar-refractivity contribution >= 4 is 28.9 Å². The number of benzene rings is 1. The first-order chi connectivity index (χ1) is 9.79. The molecule has 0 bridgehead atoms. The van der Waals surface area contributed by atoms with Crippen LogP contribution in [-0.4, -0.2) is 9.97 Å². The van der Waals surface area contributed by atoms with E-state index < -0.39 is 12.0 Å². The molecule has 5 nitrogen and oxygen atoms in total. The minimum absolute atomic E-state index is 0.0457. The Kier molecular flexibility index (Phi) is 4.19. The second-order valence-corrected chi connectivity index (χ2v) is 4.62. The number of hydrazine groups is 1. The number of aryl methyl sites for hydroxylation is 1.